The van der Waals surface area contributed by atoms with E-state index in [2.05, 4.69) is 6.92 Å². The zero-order chi connectivity index (χ0) is 8.97. The fourth-order valence-electron chi connectivity index (χ4n) is 0.722. The van der Waals surface area contributed by atoms with Crippen molar-refractivity contribution in [3.63, 3.8) is 0 Å². The Balaban J connectivity index is 2.33. The Kier molecular flexibility index (Phi) is 3.98. The Morgan fingerprint density at radius 1 is 1.67 bits per heavy atom. The van der Waals surface area contributed by atoms with Gasteiger partial charge in [0.1, 0.15) is 5.76 Å². The molecular formula is C8H12ClNOS. The van der Waals surface area contributed by atoms with E-state index in [-0.39, 0.29) is 0 Å². The first-order valence-electron chi connectivity index (χ1n) is 3.78. The van der Waals surface area contributed by atoms with E-state index < -0.39 is 0 Å². The summed E-state index contributed by atoms with van der Waals surface area (Å²) in [6.07, 6.45) is 0. The predicted octanol–water partition coefficient (Wildman–Crippen LogP) is 2.51. The first kappa shape index (κ1) is 9.96. The SMILES string of the molecule is CC(CN)SCc1ccc(Cl)o1. The Morgan fingerprint density at radius 3 is 2.92 bits per heavy atom. The summed E-state index contributed by atoms with van der Waals surface area (Å²) in [5, 5.41) is 0.917. The van der Waals surface area contributed by atoms with Crippen LogP contribution in [0.2, 0.25) is 5.22 Å². The maximum atomic E-state index is 5.61. The molecule has 0 aliphatic rings. The summed E-state index contributed by atoms with van der Waals surface area (Å²) in [5.74, 6) is 1.75. The molecule has 0 bridgehead atoms. The molecule has 1 unspecified atom stereocenters. The highest BCUT2D eigenvalue weighted by Gasteiger charge is 2.03. The van der Waals surface area contributed by atoms with Gasteiger partial charge in [0.2, 0.25) is 0 Å². The maximum Gasteiger partial charge on any atom is 0.193 e. The topological polar surface area (TPSA) is 39.2 Å². The number of thioether (sulfide) groups is 1. The van der Waals surface area contributed by atoms with Crippen LogP contribution in [0.1, 0.15) is 12.7 Å². The van der Waals surface area contributed by atoms with E-state index >= 15 is 0 Å². The molecule has 0 aromatic carbocycles. The van der Waals surface area contributed by atoms with Crippen LogP contribution in [0.5, 0.6) is 0 Å². The average Bonchev–Trinajstić information content (AvgIpc) is 2.47. The van der Waals surface area contributed by atoms with Gasteiger partial charge in [-0.05, 0) is 23.7 Å². The van der Waals surface area contributed by atoms with Crippen LogP contribution in [0.3, 0.4) is 0 Å². The minimum absolute atomic E-state index is 0.450. The molecule has 0 fully saturated rings. The van der Waals surface area contributed by atoms with Gasteiger partial charge in [0.25, 0.3) is 0 Å². The molecule has 1 atom stereocenters. The Morgan fingerprint density at radius 2 is 2.42 bits per heavy atom. The normalized spacial score (nSPS) is 13.2. The Labute approximate surface area is 81.5 Å². The van der Waals surface area contributed by atoms with E-state index in [0.717, 1.165) is 11.5 Å². The fraction of sp³-hybridized carbons (Fsp3) is 0.500. The summed E-state index contributed by atoms with van der Waals surface area (Å²) in [4.78, 5) is 0. The maximum absolute atomic E-state index is 5.61. The molecule has 0 aliphatic heterocycles. The highest BCUT2D eigenvalue weighted by Crippen LogP contribution is 2.20. The molecule has 1 heterocycles. The van der Waals surface area contributed by atoms with Crippen LogP contribution in [0.4, 0.5) is 0 Å². The van der Waals surface area contributed by atoms with Crippen LogP contribution in [0.25, 0.3) is 0 Å². The summed E-state index contributed by atoms with van der Waals surface area (Å²) < 4.78 is 5.18. The zero-order valence-corrected chi connectivity index (χ0v) is 8.49. The van der Waals surface area contributed by atoms with Crippen molar-refractivity contribution in [1.29, 1.82) is 0 Å². The minimum Gasteiger partial charge on any atom is -0.449 e. The second kappa shape index (κ2) is 4.80. The third-order valence-electron chi connectivity index (χ3n) is 1.47. The van der Waals surface area contributed by atoms with E-state index in [1.807, 2.05) is 6.07 Å². The van der Waals surface area contributed by atoms with Crippen molar-refractivity contribution in [2.24, 2.45) is 5.73 Å². The second-order valence-corrected chi connectivity index (χ2v) is 4.36. The Bertz CT molecular complexity index is 239. The molecule has 2 nitrogen and oxygen atoms in total. The van der Waals surface area contributed by atoms with Gasteiger partial charge in [-0.2, -0.15) is 0 Å². The van der Waals surface area contributed by atoms with E-state index in [9.17, 15) is 0 Å². The lowest BCUT2D eigenvalue weighted by Crippen LogP contribution is -2.12. The molecule has 1 rings (SSSR count). The van der Waals surface area contributed by atoms with Gasteiger partial charge in [-0.15, -0.1) is 11.8 Å². The van der Waals surface area contributed by atoms with Gasteiger partial charge in [-0.3, -0.25) is 0 Å². The third kappa shape index (κ3) is 3.09. The number of hydrogen-bond acceptors (Lipinski definition) is 3. The number of hydrogen-bond donors (Lipinski definition) is 1. The summed E-state index contributed by atoms with van der Waals surface area (Å²) in [6.45, 7) is 2.79. The molecule has 1 aromatic rings. The molecule has 0 amide bonds. The quantitative estimate of drug-likeness (QED) is 0.821. The number of rotatable bonds is 4. The van der Waals surface area contributed by atoms with E-state index in [1.54, 1.807) is 17.8 Å². The highest BCUT2D eigenvalue weighted by atomic mass is 35.5. The second-order valence-electron chi connectivity index (χ2n) is 2.56. The van der Waals surface area contributed by atoms with Gasteiger partial charge in [0.15, 0.2) is 5.22 Å². The largest absolute Gasteiger partial charge is 0.449 e. The van der Waals surface area contributed by atoms with E-state index in [1.165, 1.54) is 0 Å². The summed E-state index contributed by atoms with van der Waals surface area (Å²) in [7, 11) is 0. The van der Waals surface area contributed by atoms with Crippen molar-refractivity contribution in [2.45, 2.75) is 17.9 Å². The molecule has 2 N–H and O–H groups in total. The van der Waals surface area contributed by atoms with E-state index in [0.29, 0.717) is 17.0 Å². The molecule has 0 aliphatic carbocycles. The molecule has 0 spiro atoms. The predicted molar refractivity (Wildman–Crippen MR) is 53.5 cm³/mol. The van der Waals surface area contributed by atoms with Crippen molar-refractivity contribution in [3.05, 3.63) is 23.1 Å². The van der Waals surface area contributed by atoms with Crippen molar-refractivity contribution < 1.29 is 4.42 Å². The first-order valence-corrected chi connectivity index (χ1v) is 5.21. The summed E-state index contributed by atoms with van der Waals surface area (Å²) in [5.41, 5.74) is 5.46. The van der Waals surface area contributed by atoms with Crippen LogP contribution >= 0.6 is 23.4 Å². The molecule has 12 heavy (non-hydrogen) atoms. The number of halogens is 1. The molecule has 0 radical (unpaired) electrons. The van der Waals surface area contributed by atoms with E-state index in [4.69, 9.17) is 21.8 Å². The molecule has 0 saturated carbocycles. The van der Waals surface area contributed by atoms with Crippen LogP contribution < -0.4 is 5.73 Å². The highest BCUT2D eigenvalue weighted by molar-refractivity contribution is 7.99. The average molecular weight is 206 g/mol. The monoisotopic (exact) mass is 205 g/mol. The van der Waals surface area contributed by atoms with Gasteiger partial charge < -0.3 is 10.2 Å². The fourth-order valence-corrected chi connectivity index (χ4v) is 1.62. The van der Waals surface area contributed by atoms with Crippen LogP contribution in [0, 0.1) is 0 Å². The third-order valence-corrected chi connectivity index (χ3v) is 2.89. The molecular weight excluding hydrogens is 194 g/mol. The van der Waals surface area contributed by atoms with Crippen molar-refractivity contribution in [2.75, 3.05) is 6.54 Å². The lowest BCUT2D eigenvalue weighted by atomic mass is 10.5. The van der Waals surface area contributed by atoms with Gasteiger partial charge in [0, 0.05) is 11.8 Å². The van der Waals surface area contributed by atoms with Crippen LogP contribution in [-0.2, 0) is 5.75 Å². The summed E-state index contributed by atoms with van der Waals surface area (Å²) in [6, 6.07) is 3.64. The lowest BCUT2D eigenvalue weighted by molar-refractivity contribution is 0.532. The smallest absolute Gasteiger partial charge is 0.193 e. The zero-order valence-electron chi connectivity index (χ0n) is 6.92. The Hall–Kier alpha value is -0.120. The lowest BCUT2D eigenvalue weighted by Gasteiger charge is -2.05. The van der Waals surface area contributed by atoms with Crippen molar-refractivity contribution in [1.82, 2.24) is 0 Å². The van der Waals surface area contributed by atoms with Crippen molar-refractivity contribution in [3.8, 4) is 0 Å². The molecule has 4 heteroatoms. The molecule has 1 aromatic heterocycles. The molecule has 68 valence electrons. The van der Waals surface area contributed by atoms with Crippen LogP contribution in [-0.4, -0.2) is 11.8 Å². The van der Waals surface area contributed by atoms with Crippen molar-refractivity contribution >= 4 is 23.4 Å². The number of nitrogens with two attached hydrogens (primary N) is 1. The molecule has 0 saturated heterocycles. The standard InChI is InChI=1S/C8H12ClNOS/c1-6(4-10)12-5-7-2-3-8(9)11-7/h2-3,6H,4-5,10H2,1H3. The van der Waals surface area contributed by atoms with Gasteiger partial charge in [0.05, 0.1) is 5.75 Å². The summed E-state index contributed by atoms with van der Waals surface area (Å²) >= 11 is 7.37. The minimum atomic E-state index is 0.450. The van der Waals surface area contributed by atoms with Gasteiger partial charge in [-0.25, -0.2) is 0 Å². The number of furan rings is 1. The first-order chi connectivity index (χ1) is 5.72. The van der Waals surface area contributed by atoms with Crippen LogP contribution in [0.15, 0.2) is 16.5 Å². The van der Waals surface area contributed by atoms with Gasteiger partial charge >= 0.3 is 0 Å². The van der Waals surface area contributed by atoms with Gasteiger partial charge in [-0.1, -0.05) is 6.92 Å².